The quantitative estimate of drug-likeness (QED) is 0.750. The van der Waals surface area contributed by atoms with E-state index in [9.17, 15) is 0 Å². The summed E-state index contributed by atoms with van der Waals surface area (Å²) in [4.78, 5) is 0. The maximum Gasteiger partial charge on any atom is 0.00698 e. The second-order valence-electron chi connectivity index (χ2n) is 7.02. The van der Waals surface area contributed by atoms with Crippen LogP contribution in [0.2, 0.25) is 0 Å². The van der Waals surface area contributed by atoms with Crippen molar-refractivity contribution in [3.05, 3.63) is 0 Å². The fourth-order valence-corrected chi connectivity index (χ4v) is 3.52. The summed E-state index contributed by atoms with van der Waals surface area (Å²) in [6, 6.07) is 0.812. The molecule has 0 aliphatic heterocycles. The molecule has 1 nitrogen and oxygen atoms in total. The Hall–Kier alpha value is -0.0400. The largest absolute Gasteiger partial charge is 0.314 e. The summed E-state index contributed by atoms with van der Waals surface area (Å²) in [7, 11) is 0. The molecule has 2 aliphatic rings. The average molecular weight is 209 g/mol. The van der Waals surface area contributed by atoms with Crippen molar-refractivity contribution >= 4 is 0 Å². The molecule has 88 valence electrons. The van der Waals surface area contributed by atoms with Crippen LogP contribution in [0.1, 0.15) is 53.9 Å². The summed E-state index contributed by atoms with van der Waals surface area (Å²) in [6.45, 7) is 13.3. The van der Waals surface area contributed by atoms with Gasteiger partial charge in [-0.15, -0.1) is 0 Å². The summed E-state index contributed by atoms with van der Waals surface area (Å²) in [5.74, 6) is 1.82. The smallest absolute Gasteiger partial charge is 0.00698 e. The summed E-state index contributed by atoms with van der Waals surface area (Å²) in [6.07, 6.45) is 4.22. The highest BCUT2D eigenvalue weighted by molar-refractivity contribution is 5.13. The van der Waals surface area contributed by atoms with Crippen LogP contribution in [0.3, 0.4) is 0 Å². The fraction of sp³-hybridized carbons (Fsp3) is 1.00. The molecule has 0 radical (unpaired) electrons. The van der Waals surface area contributed by atoms with Gasteiger partial charge in [0.15, 0.2) is 0 Å². The summed E-state index contributed by atoms with van der Waals surface area (Å²) < 4.78 is 0. The fourth-order valence-electron chi connectivity index (χ4n) is 3.52. The Labute approximate surface area is 95.0 Å². The minimum atomic E-state index is 0.546. The number of hydrogen-bond acceptors (Lipinski definition) is 1. The van der Waals surface area contributed by atoms with Crippen molar-refractivity contribution in [1.29, 1.82) is 0 Å². The van der Waals surface area contributed by atoms with Crippen molar-refractivity contribution in [1.82, 2.24) is 5.32 Å². The van der Waals surface area contributed by atoms with Gasteiger partial charge < -0.3 is 5.32 Å². The molecule has 0 saturated heterocycles. The standard InChI is InChI=1S/C14H27N/c1-10-6-7-11(8-10)15-9-12-13(2,3)14(12,4)5/h10-12,15H,6-9H2,1-5H3. The van der Waals surface area contributed by atoms with Gasteiger partial charge in [0.25, 0.3) is 0 Å². The highest BCUT2D eigenvalue weighted by atomic mass is 14.9. The van der Waals surface area contributed by atoms with Crippen LogP contribution < -0.4 is 5.32 Å². The number of hydrogen-bond donors (Lipinski definition) is 1. The van der Waals surface area contributed by atoms with E-state index in [-0.39, 0.29) is 0 Å². The molecule has 0 aromatic carbocycles. The molecule has 1 heteroatoms. The minimum absolute atomic E-state index is 0.546. The van der Waals surface area contributed by atoms with Crippen LogP contribution in [-0.2, 0) is 0 Å². The van der Waals surface area contributed by atoms with E-state index in [0.717, 1.165) is 17.9 Å². The van der Waals surface area contributed by atoms with Gasteiger partial charge in [-0.25, -0.2) is 0 Å². The van der Waals surface area contributed by atoms with Gasteiger partial charge >= 0.3 is 0 Å². The van der Waals surface area contributed by atoms with Gasteiger partial charge in [0.05, 0.1) is 0 Å². The van der Waals surface area contributed by atoms with Crippen LogP contribution >= 0.6 is 0 Å². The van der Waals surface area contributed by atoms with Gasteiger partial charge in [-0.2, -0.15) is 0 Å². The predicted molar refractivity (Wildman–Crippen MR) is 65.9 cm³/mol. The van der Waals surface area contributed by atoms with Gasteiger partial charge in [0.2, 0.25) is 0 Å². The lowest BCUT2D eigenvalue weighted by atomic mass is 10.0. The maximum absolute atomic E-state index is 3.79. The van der Waals surface area contributed by atoms with Crippen LogP contribution in [0.25, 0.3) is 0 Å². The molecular weight excluding hydrogens is 182 g/mol. The van der Waals surface area contributed by atoms with E-state index in [1.807, 2.05) is 0 Å². The Bertz CT molecular complexity index is 228. The molecule has 15 heavy (non-hydrogen) atoms. The Kier molecular flexibility index (Phi) is 2.65. The van der Waals surface area contributed by atoms with Crippen LogP contribution in [0.5, 0.6) is 0 Å². The first-order valence-electron chi connectivity index (χ1n) is 6.59. The second kappa shape index (κ2) is 3.48. The average Bonchev–Trinajstić information content (AvgIpc) is 2.50. The molecule has 0 aromatic rings. The Morgan fingerprint density at radius 1 is 1.07 bits per heavy atom. The van der Waals surface area contributed by atoms with Gasteiger partial charge in [-0.3, -0.25) is 0 Å². The highest BCUT2D eigenvalue weighted by Crippen LogP contribution is 2.67. The molecule has 2 saturated carbocycles. The molecule has 2 fully saturated rings. The van der Waals surface area contributed by atoms with Crippen LogP contribution in [0.15, 0.2) is 0 Å². The minimum Gasteiger partial charge on any atom is -0.314 e. The molecule has 2 unspecified atom stereocenters. The van der Waals surface area contributed by atoms with Crippen LogP contribution in [0, 0.1) is 22.7 Å². The summed E-state index contributed by atoms with van der Waals surface area (Å²) in [5, 5.41) is 3.79. The first-order chi connectivity index (χ1) is 6.85. The molecule has 0 amide bonds. The number of nitrogens with one attached hydrogen (secondary N) is 1. The van der Waals surface area contributed by atoms with Crippen molar-refractivity contribution in [2.45, 2.75) is 59.9 Å². The topological polar surface area (TPSA) is 12.0 Å². The maximum atomic E-state index is 3.79. The van der Waals surface area contributed by atoms with Crippen LogP contribution in [0.4, 0.5) is 0 Å². The normalized spacial score (nSPS) is 38.2. The molecule has 0 spiro atoms. The lowest BCUT2D eigenvalue weighted by molar-refractivity contribution is 0.455. The van der Waals surface area contributed by atoms with E-state index in [0.29, 0.717) is 10.8 Å². The second-order valence-corrected chi connectivity index (χ2v) is 7.02. The van der Waals surface area contributed by atoms with Gasteiger partial charge in [-0.05, 0) is 48.5 Å². The number of rotatable bonds is 3. The van der Waals surface area contributed by atoms with Crippen molar-refractivity contribution in [3.8, 4) is 0 Å². The molecule has 1 N–H and O–H groups in total. The van der Waals surface area contributed by atoms with E-state index in [1.54, 1.807) is 0 Å². The van der Waals surface area contributed by atoms with Gasteiger partial charge in [-0.1, -0.05) is 34.6 Å². The molecular formula is C14H27N. The SMILES string of the molecule is CC1CCC(NCC2C(C)(C)C2(C)C)C1. The zero-order valence-electron chi connectivity index (χ0n) is 11.1. The highest BCUT2D eigenvalue weighted by Gasteiger charge is 2.63. The Morgan fingerprint density at radius 3 is 2.07 bits per heavy atom. The zero-order chi connectivity index (χ0) is 11.3. The van der Waals surface area contributed by atoms with E-state index < -0.39 is 0 Å². The van der Waals surface area contributed by atoms with Crippen LogP contribution in [-0.4, -0.2) is 12.6 Å². The third kappa shape index (κ3) is 1.84. The summed E-state index contributed by atoms with van der Waals surface area (Å²) >= 11 is 0. The first-order valence-corrected chi connectivity index (χ1v) is 6.59. The zero-order valence-corrected chi connectivity index (χ0v) is 11.1. The van der Waals surface area contributed by atoms with Gasteiger partial charge in [0.1, 0.15) is 0 Å². The van der Waals surface area contributed by atoms with E-state index in [1.165, 1.54) is 25.8 Å². The van der Waals surface area contributed by atoms with E-state index in [2.05, 4.69) is 39.9 Å². The monoisotopic (exact) mass is 209 g/mol. The van der Waals surface area contributed by atoms with Crippen molar-refractivity contribution in [2.24, 2.45) is 22.7 Å². The lowest BCUT2D eigenvalue weighted by Gasteiger charge is -2.13. The molecule has 0 aromatic heterocycles. The van der Waals surface area contributed by atoms with Crippen molar-refractivity contribution in [3.63, 3.8) is 0 Å². The Balaban J connectivity index is 1.76. The van der Waals surface area contributed by atoms with E-state index >= 15 is 0 Å². The van der Waals surface area contributed by atoms with E-state index in [4.69, 9.17) is 0 Å². The molecule has 2 atom stereocenters. The van der Waals surface area contributed by atoms with Gasteiger partial charge in [0, 0.05) is 6.04 Å². The Morgan fingerprint density at radius 2 is 1.67 bits per heavy atom. The molecule has 2 aliphatic carbocycles. The molecule has 0 heterocycles. The molecule has 0 bridgehead atoms. The summed E-state index contributed by atoms with van der Waals surface area (Å²) in [5.41, 5.74) is 1.09. The van der Waals surface area contributed by atoms with Crippen molar-refractivity contribution < 1.29 is 0 Å². The first kappa shape index (κ1) is 11.4. The van der Waals surface area contributed by atoms with Crippen molar-refractivity contribution in [2.75, 3.05) is 6.54 Å². The lowest BCUT2D eigenvalue weighted by Crippen LogP contribution is -2.29. The third-order valence-electron chi connectivity index (χ3n) is 5.63. The predicted octanol–water partition coefficient (Wildman–Crippen LogP) is 3.45. The molecule has 2 rings (SSSR count). The third-order valence-corrected chi connectivity index (χ3v) is 5.63.